The van der Waals surface area contributed by atoms with E-state index < -0.39 is 0 Å². The van der Waals surface area contributed by atoms with Gasteiger partial charge in [-0.1, -0.05) is 13.8 Å². The van der Waals surface area contributed by atoms with Crippen LogP contribution in [0.15, 0.2) is 24.5 Å². The summed E-state index contributed by atoms with van der Waals surface area (Å²) < 4.78 is 0. The molecule has 84 valence electrons. The smallest absolute Gasteiger partial charge is 0.0271 e. The molecule has 15 heavy (non-hydrogen) atoms. The molecule has 0 radical (unpaired) electrons. The molecule has 1 aromatic rings. The molecule has 0 saturated heterocycles. The van der Waals surface area contributed by atoms with Gasteiger partial charge in [0.05, 0.1) is 0 Å². The number of pyridine rings is 1. The molecule has 0 saturated carbocycles. The van der Waals surface area contributed by atoms with Crippen molar-refractivity contribution in [2.24, 2.45) is 5.73 Å². The number of hydrogen-bond donors (Lipinski definition) is 1. The Kier molecular flexibility index (Phi) is 5.29. The van der Waals surface area contributed by atoms with Crippen molar-refractivity contribution in [2.75, 3.05) is 13.1 Å². The van der Waals surface area contributed by atoms with Crippen molar-refractivity contribution in [2.45, 2.75) is 32.9 Å². The van der Waals surface area contributed by atoms with Gasteiger partial charge in [0, 0.05) is 31.5 Å². The van der Waals surface area contributed by atoms with E-state index in [9.17, 15) is 0 Å². The summed E-state index contributed by atoms with van der Waals surface area (Å²) in [5, 5.41) is 0. The summed E-state index contributed by atoms with van der Waals surface area (Å²) >= 11 is 0. The van der Waals surface area contributed by atoms with Crippen LogP contribution in [0.4, 0.5) is 0 Å². The van der Waals surface area contributed by atoms with Gasteiger partial charge in [-0.25, -0.2) is 0 Å². The van der Waals surface area contributed by atoms with E-state index in [1.165, 1.54) is 5.56 Å². The maximum atomic E-state index is 5.76. The van der Waals surface area contributed by atoms with E-state index in [-0.39, 0.29) is 0 Å². The van der Waals surface area contributed by atoms with Gasteiger partial charge in [0.25, 0.3) is 0 Å². The fraction of sp³-hybridized carbons (Fsp3) is 0.583. The maximum Gasteiger partial charge on any atom is 0.0271 e. The highest BCUT2D eigenvalue weighted by Gasteiger charge is 2.13. The SMILES string of the molecule is CCC(CN)N(CC)Cc1ccncc1. The lowest BCUT2D eigenvalue weighted by molar-refractivity contribution is 0.196. The monoisotopic (exact) mass is 207 g/mol. The Morgan fingerprint density at radius 2 is 2.00 bits per heavy atom. The van der Waals surface area contributed by atoms with E-state index in [0.29, 0.717) is 6.04 Å². The highest BCUT2D eigenvalue weighted by atomic mass is 15.2. The summed E-state index contributed by atoms with van der Waals surface area (Å²) in [6, 6.07) is 4.61. The van der Waals surface area contributed by atoms with Crippen molar-refractivity contribution in [1.29, 1.82) is 0 Å². The molecule has 0 aliphatic heterocycles. The number of aromatic nitrogens is 1. The fourth-order valence-electron chi connectivity index (χ4n) is 1.80. The maximum absolute atomic E-state index is 5.76. The van der Waals surface area contributed by atoms with Crippen LogP contribution < -0.4 is 5.73 Å². The Hall–Kier alpha value is -0.930. The topological polar surface area (TPSA) is 42.1 Å². The van der Waals surface area contributed by atoms with Crippen molar-refractivity contribution in [3.63, 3.8) is 0 Å². The fourth-order valence-corrected chi connectivity index (χ4v) is 1.80. The Balaban J connectivity index is 2.61. The molecule has 0 aliphatic carbocycles. The average Bonchev–Trinajstić information content (AvgIpc) is 2.30. The van der Waals surface area contributed by atoms with Gasteiger partial charge in [-0.3, -0.25) is 9.88 Å². The lowest BCUT2D eigenvalue weighted by Gasteiger charge is -2.28. The summed E-state index contributed by atoms with van der Waals surface area (Å²) in [6.07, 6.45) is 4.79. The third kappa shape index (κ3) is 3.61. The van der Waals surface area contributed by atoms with Gasteiger partial charge in [0.1, 0.15) is 0 Å². The van der Waals surface area contributed by atoms with Crippen LogP contribution in [-0.2, 0) is 6.54 Å². The van der Waals surface area contributed by atoms with Gasteiger partial charge in [-0.2, -0.15) is 0 Å². The lowest BCUT2D eigenvalue weighted by Crippen LogP contribution is -2.39. The number of hydrogen-bond acceptors (Lipinski definition) is 3. The molecule has 0 aliphatic rings. The van der Waals surface area contributed by atoms with E-state index in [1.54, 1.807) is 0 Å². The van der Waals surface area contributed by atoms with Crippen LogP contribution >= 0.6 is 0 Å². The summed E-state index contributed by atoms with van der Waals surface area (Å²) in [7, 11) is 0. The first-order chi connectivity index (χ1) is 7.31. The van der Waals surface area contributed by atoms with Crippen molar-refractivity contribution in [3.8, 4) is 0 Å². The lowest BCUT2D eigenvalue weighted by atomic mass is 10.1. The molecule has 1 aromatic heterocycles. The quantitative estimate of drug-likeness (QED) is 0.771. The number of rotatable bonds is 6. The first-order valence-corrected chi connectivity index (χ1v) is 5.64. The molecular weight excluding hydrogens is 186 g/mol. The molecule has 3 nitrogen and oxygen atoms in total. The highest BCUT2D eigenvalue weighted by Crippen LogP contribution is 2.08. The van der Waals surface area contributed by atoms with Gasteiger partial charge in [0.15, 0.2) is 0 Å². The Morgan fingerprint density at radius 1 is 1.33 bits per heavy atom. The summed E-state index contributed by atoms with van der Waals surface area (Å²) in [6.45, 7) is 7.11. The molecule has 0 bridgehead atoms. The van der Waals surface area contributed by atoms with Crippen LogP contribution in [0.3, 0.4) is 0 Å². The van der Waals surface area contributed by atoms with Crippen LogP contribution in [0.25, 0.3) is 0 Å². The van der Waals surface area contributed by atoms with Crippen LogP contribution in [0.5, 0.6) is 0 Å². The summed E-state index contributed by atoms with van der Waals surface area (Å²) in [4.78, 5) is 6.43. The predicted octanol–water partition coefficient (Wildman–Crippen LogP) is 1.64. The molecule has 1 rings (SSSR count). The second-order valence-corrected chi connectivity index (χ2v) is 3.72. The van der Waals surface area contributed by atoms with E-state index in [4.69, 9.17) is 5.73 Å². The molecule has 1 heterocycles. The third-order valence-corrected chi connectivity index (χ3v) is 2.80. The number of nitrogens with two attached hydrogens (primary N) is 1. The standard InChI is InChI=1S/C12H21N3/c1-3-12(9-13)15(4-2)10-11-5-7-14-8-6-11/h5-8,12H,3-4,9-10,13H2,1-2H3. The highest BCUT2D eigenvalue weighted by molar-refractivity contribution is 5.09. The molecule has 1 atom stereocenters. The van der Waals surface area contributed by atoms with Crippen molar-refractivity contribution in [1.82, 2.24) is 9.88 Å². The molecule has 0 amide bonds. The molecular formula is C12H21N3. The van der Waals surface area contributed by atoms with Gasteiger partial charge in [0.2, 0.25) is 0 Å². The third-order valence-electron chi connectivity index (χ3n) is 2.80. The molecule has 0 fully saturated rings. The zero-order chi connectivity index (χ0) is 11.1. The average molecular weight is 207 g/mol. The van der Waals surface area contributed by atoms with Gasteiger partial charge >= 0.3 is 0 Å². The molecule has 0 aromatic carbocycles. The number of likely N-dealkylation sites (N-methyl/N-ethyl adjacent to an activating group) is 1. The first-order valence-electron chi connectivity index (χ1n) is 5.64. The number of nitrogens with zero attached hydrogens (tertiary/aromatic N) is 2. The summed E-state index contributed by atoms with van der Waals surface area (Å²) in [5.41, 5.74) is 7.06. The Morgan fingerprint density at radius 3 is 2.47 bits per heavy atom. The summed E-state index contributed by atoms with van der Waals surface area (Å²) in [5.74, 6) is 0. The molecule has 3 heteroatoms. The van der Waals surface area contributed by atoms with Crippen molar-refractivity contribution >= 4 is 0 Å². The van der Waals surface area contributed by atoms with Gasteiger partial charge < -0.3 is 5.73 Å². The minimum Gasteiger partial charge on any atom is -0.329 e. The van der Waals surface area contributed by atoms with E-state index in [0.717, 1.165) is 26.1 Å². The van der Waals surface area contributed by atoms with Gasteiger partial charge in [-0.15, -0.1) is 0 Å². The van der Waals surface area contributed by atoms with Crippen molar-refractivity contribution in [3.05, 3.63) is 30.1 Å². The Bertz CT molecular complexity index is 257. The van der Waals surface area contributed by atoms with E-state index in [2.05, 4.69) is 35.9 Å². The minimum absolute atomic E-state index is 0.489. The van der Waals surface area contributed by atoms with Crippen LogP contribution in [0.2, 0.25) is 0 Å². The largest absolute Gasteiger partial charge is 0.329 e. The van der Waals surface area contributed by atoms with Crippen LogP contribution in [0.1, 0.15) is 25.8 Å². The van der Waals surface area contributed by atoms with Crippen LogP contribution in [-0.4, -0.2) is 29.0 Å². The second kappa shape index (κ2) is 6.53. The van der Waals surface area contributed by atoms with Crippen molar-refractivity contribution < 1.29 is 0 Å². The molecule has 2 N–H and O–H groups in total. The minimum atomic E-state index is 0.489. The normalized spacial score (nSPS) is 13.1. The van der Waals surface area contributed by atoms with Gasteiger partial charge in [-0.05, 0) is 30.7 Å². The predicted molar refractivity (Wildman–Crippen MR) is 63.5 cm³/mol. The Labute approximate surface area is 92.3 Å². The zero-order valence-corrected chi connectivity index (χ0v) is 9.69. The van der Waals surface area contributed by atoms with Crippen LogP contribution in [0, 0.1) is 0 Å². The zero-order valence-electron chi connectivity index (χ0n) is 9.69. The molecule has 0 spiro atoms. The second-order valence-electron chi connectivity index (χ2n) is 3.72. The first kappa shape index (κ1) is 12.1. The van der Waals surface area contributed by atoms with E-state index in [1.807, 2.05) is 12.4 Å². The van der Waals surface area contributed by atoms with E-state index >= 15 is 0 Å². The molecule has 1 unspecified atom stereocenters.